The Balaban J connectivity index is 2.03. The molecule has 24 heavy (non-hydrogen) atoms. The number of hydrogen-bond donors (Lipinski definition) is 2. The maximum absolute atomic E-state index is 12.6. The van der Waals surface area contributed by atoms with Crippen molar-refractivity contribution in [1.29, 1.82) is 0 Å². The van der Waals surface area contributed by atoms with Gasteiger partial charge < -0.3 is 10.2 Å². The zero-order chi connectivity index (χ0) is 17.1. The Labute approximate surface area is 137 Å². The minimum Gasteiger partial charge on any atom is -0.504 e. The minimum atomic E-state index is -0.395. The van der Waals surface area contributed by atoms with Crippen molar-refractivity contribution >= 4 is 6.21 Å². The molecule has 2 aromatic carbocycles. The molecule has 0 amide bonds. The number of aromatic hydroxyl groups is 2. The molecular formula is C17H14N4O3. The largest absolute Gasteiger partial charge is 0.504 e. The van der Waals surface area contributed by atoms with Crippen LogP contribution in [0.3, 0.4) is 0 Å². The molecule has 0 aliphatic rings. The van der Waals surface area contributed by atoms with E-state index in [4.69, 9.17) is 0 Å². The lowest BCUT2D eigenvalue weighted by molar-refractivity contribution is 0.403. The second kappa shape index (κ2) is 6.33. The Kier molecular flexibility index (Phi) is 4.07. The molecular weight excluding hydrogens is 308 g/mol. The highest BCUT2D eigenvalue weighted by Gasteiger charge is 2.10. The van der Waals surface area contributed by atoms with E-state index in [0.717, 1.165) is 4.68 Å². The highest BCUT2D eigenvalue weighted by atomic mass is 16.3. The molecule has 0 bridgehead atoms. The summed E-state index contributed by atoms with van der Waals surface area (Å²) in [7, 11) is 0. The van der Waals surface area contributed by atoms with Gasteiger partial charge in [-0.1, -0.05) is 30.3 Å². The summed E-state index contributed by atoms with van der Waals surface area (Å²) in [6.07, 6.45) is 1.39. The van der Waals surface area contributed by atoms with Crippen molar-refractivity contribution in [1.82, 2.24) is 14.9 Å². The van der Waals surface area contributed by atoms with Gasteiger partial charge in [0.2, 0.25) is 0 Å². The molecule has 2 N–H and O–H groups in total. The van der Waals surface area contributed by atoms with Gasteiger partial charge in [0.05, 0.1) is 6.21 Å². The van der Waals surface area contributed by atoms with Gasteiger partial charge >= 0.3 is 5.56 Å². The van der Waals surface area contributed by atoms with Gasteiger partial charge in [0.1, 0.15) is 0 Å². The van der Waals surface area contributed by atoms with Crippen LogP contribution in [0, 0.1) is 6.92 Å². The number of benzene rings is 2. The standard InChI is InChI=1S/C17H14N4O3/c1-11-19-20-16(13-5-3-2-4-6-13)17(24)21(11)18-10-12-7-8-14(22)15(23)9-12/h2-10,22-23H,1H3/b18-10+. The van der Waals surface area contributed by atoms with Gasteiger partial charge in [0.25, 0.3) is 0 Å². The Morgan fingerprint density at radius 3 is 2.50 bits per heavy atom. The molecule has 1 aromatic heterocycles. The number of rotatable bonds is 3. The normalized spacial score (nSPS) is 11.0. The number of phenolic OH excluding ortho intramolecular Hbond substituents is 2. The van der Waals surface area contributed by atoms with Crippen LogP contribution in [0.2, 0.25) is 0 Å². The Morgan fingerprint density at radius 1 is 1.04 bits per heavy atom. The highest BCUT2D eigenvalue weighted by Crippen LogP contribution is 2.24. The van der Waals surface area contributed by atoms with E-state index >= 15 is 0 Å². The first-order valence-corrected chi connectivity index (χ1v) is 7.14. The summed E-state index contributed by atoms with van der Waals surface area (Å²) in [4.78, 5) is 12.6. The number of aryl methyl sites for hydroxylation is 1. The topological polar surface area (TPSA) is 101 Å². The van der Waals surface area contributed by atoms with Crippen LogP contribution in [0.15, 0.2) is 58.4 Å². The quantitative estimate of drug-likeness (QED) is 0.566. The average Bonchev–Trinajstić information content (AvgIpc) is 2.58. The Hall–Kier alpha value is -3.48. The second-order valence-corrected chi connectivity index (χ2v) is 5.07. The molecule has 7 nitrogen and oxygen atoms in total. The summed E-state index contributed by atoms with van der Waals surface area (Å²) in [5, 5.41) is 30.9. The van der Waals surface area contributed by atoms with E-state index in [-0.39, 0.29) is 17.2 Å². The van der Waals surface area contributed by atoms with Gasteiger partial charge in [-0.05, 0) is 30.7 Å². The van der Waals surface area contributed by atoms with Gasteiger partial charge in [-0.25, -0.2) is 0 Å². The lowest BCUT2D eigenvalue weighted by Gasteiger charge is -2.05. The van der Waals surface area contributed by atoms with Crippen LogP contribution in [0.4, 0.5) is 0 Å². The molecule has 120 valence electrons. The molecule has 7 heteroatoms. The summed E-state index contributed by atoms with van der Waals surface area (Å²) in [6, 6.07) is 13.2. The van der Waals surface area contributed by atoms with Gasteiger partial charge in [0.15, 0.2) is 23.0 Å². The molecule has 0 unspecified atom stereocenters. The first kappa shape index (κ1) is 15.4. The van der Waals surface area contributed by atoms with Gasteiger partial charge in [0, 0.05) is 5.56 Å². The van der Waals surface area contributed by atoms with Crippen molar-refractivity contribution in [2.45, 2.75) is 6.92 Å². The van der Waals surface area contributed by atoms with Crippen molar-refractivity contribution in [3.05, 3.63) is 70.3 Å². The van der Waals surface area contributed by atoms with Gasteiger partial charge in [-0.15, -0.1) is 10.2 Å². The summed E-state index contributed by atoms with van der Waals surface area (Å²) in [5.41, 5.74) is 0.982. The maximum atomic E-state index is 12.6. The van der Waals surface area contributed by atoms with Gasteiger partial charge in [-0.2, -0.15) is 9.78 Å². The predicted molar refractivity (Wildman–Crippen MR) is 89.2 cm³/mol. The van der Waals surface area contributed by atoms with Crippen LogP contribution in [0.5, 0.6) is 11.5 Å². The molecule has 3 rings (SSSR count). The minimum absolute atomic E-state index is 0.201. The lowest BCUT2D eigenvalue weighted by Crippen LogP contribution is -2.23. The fourth-order valence-electron chi connectivity index (χ4n) is 2.11. The first-order chi connectivity index (χ1) is 11.6. The number of phenols is 2. The molecule has 0 aliphatic heterocycles. The lowest BCUT2D eigenvalue weighted by atomic mass is 10.2. The van der Waals surface area contributed by atoms with Crippen molar-refractivity contribution in [3.63, 3.8) is 0 Å². The second-order valence-electron chi connectivity index (χ2n) is 5.07. The number of aromatic nitrogens is 3. The molecule has 0 spiro atoms. The smallest absolute Gasteiger partial charge is 0.301 e. The van der Waals surface area contributed by atoms with E-state index in [1.54, 1.807) is 25.1 Å². The van der Waals surface area contributed by atoms with E-state index in [1.807, 2.05) is 18.2 Å². The fraction of sp³-hybridized carbons (Fsp3) is 0.0588. The van der Waals surface area contributed by atoms with E-state index in [1.165, 1.54) is 18.3 Å². The van der Waals surface area contributed by atoms with Crippen molar-refractivity contribution < 1.29 is 10.2 Å². The van der Waals surface area contributed by atoms with E-state index in [9.17, 15) is 15.0 Å². The number of hydrogen-bond acceptors (Lipinski definition) is 6. The summed E-state index contributed by atoms with van der Waals surface area (Å²) < 4.78 is 1.14. The highest BCUT2D eigenvalue weighted by molar-refractivity contribution is 5.80. The fourth-order valence-corrected chi connectivity index (χ4v) is 2.11. The van der Waals surface area contributed by atoms with Crippen molar-refractivity contribution in [2.75, 3.05) is 0 Å². The Bertz CT molecular complexity index is 965. The zero-order valence-corrected chi connectivity index (χ0v) is 12.8. The van der Waals surface area contributed by atoms with Crippen LogP contribution in [-0.4, -0.2) is 31.3 Å². The SMILES string of the molecule is Cc1nnc(-c2ccccc2)c(=O)n1/N=C/c1ccc(O)c(O)c1. The predicted octanol–water partition coefficient (Wildman–Crippen LogP) is 1.91. The third-order valence-electron chi connectivity index (χ3n) is 3.37. The molecule has 3 aromatic rings. The van der Waals surface area contributed by atoms with Crippen molar-refractivity contribution in [2.24, 2.45) is 5.10 Å². The molecule has 0 radical (unpaired) electrons. The summed E-state index contributed by atoms with van der Waals surface area (Å²) >= 11 is 0. The van der Waals surface area contributed by atoms with Crippen LogP contribution in [0.1, 0.15) is 11.4 Å². The molecule has 0 atom stereocenters. The monoisotopic (exact) mass is 322 g/mol. The van der Waals surface area contributed by atoms with Crippen LogP contribution in [-0.2, 0) is 0 Å². The van der Waals surface area contributed by atoms with E-state index < -0.39 is 5.56 Å². The number of nitrogens with zero attached hydrogens (tertiary/aromatic N) is 4. The Morgan fingerprint density at radius 2 is 1.79 bits per heavy atom. The molecule has 0 aliphatic carbocycles. The summed E-state index contributed by atoms with van der Waals surface area (Å²) in [5.74, 6) is -0.155. The third-order valence-corrected chi connectivity index (χ3v) is 3.37. The molecule has 0 saturated heterocycles. The van der Waals surface area contributed by atoms with E-state index in [2.05, 4.69) is 15.3 Å². The third kappa shape index (κ3) is 3.00. The van der Waals surface area contributed by atoms with Crippen molar-refractivity contribution in [3.8, 4) is 22.8 Å². The van der Waals surface area contributed by atoms with Crippen LogP contribution in [0.25, 0.3) is 11.3 Å². The molecule has 0 fully saturated rings. The van der Waals surface area contributed by atoms with E-state index in [0.29, 0.717) is 17.0 Å². The summed E-state index contributed by atoms with van der Waals surface area (Å²) in [6.45, 7) is 1.62. The van der Waals surface area contributed by atoms with Crippen LogP contribution < -0.4 is 5.56 Å². The van der Waals surface area contributed by atoms with Gasteiger partial charge in [-0.3, -0.25) is 4.79 Å². The molecule has 1 heterocycles. The average molecular weight is 322 g/mol. The first-order valence-electron chi connectivity index (χ1n) is 7.14. The maximum Gasteiger partial charge on any atom is 0.301 e. The molecule has 0 saturated carbocycles. The van der Waals surface area contributed by atoms with Crippen LogP contribution >= 0.6 is 0 Å². The zero-order valence-electron chi connectivity index (χ0n) is 12.8.